The van der Waals surface area contributed by atoms with Crippen LogP contribution in [0.25, 0.3) is 6.08 Å². The summed E-state index contributed by atoms with van der Waals surface area (Å²) in [5, 5.41) is 6.46. The molecule has 9 nitrogen and oxygen atoms in total. The van der Waals surface area contributed by atoms with Crippen LogP contribution < -0.4 is 20.4 Å². The highest BCUT2D eigenvalue weighted by Crippen LogP contribution is 2.44. The Morgan fingerprint density at radius 3 is 2.60 bits per heavy atom. The van der Waals surface area contributed by atoms with Gasteiger partial charge in [0.1, 0.15) is 17.7 Å². The number of nitrogens with one attached hydrogen (secondary N) is 2. The van der Waals surface area contributed by atoms with Crippen LogP contribution >= 0.6 is 0 Å². The van der Waals surface area contributed by atoms with Crippen LogP contribution in [-0.2, 0) is 4.79 Å². The Bertz CT molecular complexity index is 1280. The van der Waals surface area contributed by atoms with Gasteiger partial charge in [0.25, 0.3) is 0 Å². The smallest absolute Gasteiger partial charge is 0.246 e. The molecule has 214 valence electrons. The number of hydrogen-bond donors (Lipinski definition) is 2. The van der Waals surface area contributed by atoms with Gasteiger partial charge in [0.2, 0.25) is 11.9 Å². The van der Waals surface area contributed by atoms with Gasteiger partial charge in [-0.15, -0.1) is 0 Å². The van der Waals surface area contributed by atoms with Crippen LogP contribution in [0.2, 0.25) is 0 Å². The summed E-state index contributed by atoms with van der Waals surface area (Å²) in [5.41, 5.74) is 2.46. The number of anilines is 4. The van der Waals surface area contributed by atoms with Crippen molar-refractivity contribution in [2.24, 2.45) is 5.41 Å². The minimum absolute atomic E-state index is 0.0445. The van der Waals surface area contributed by atoms with Crippen molar-refractivity contribution in [2.45, 2.75) is 83.8 Å². The maximum Gasteiger partial charge on any atom is 0.246 e. The van der Waals surface area contributed by atoms with Crippen molar-refractivity contribution in [1.82, 2.24) is 25.2 Å². The molecule has 1 unspecified atom stereocenters. The summed E-state index contributed by atoms with van der Waals surface area (Å²) in [6.45, 7) is 16.5. The number of amides is 1. The number of carbonyl (C=O) groups excluding carboxylic acids is 1. The summed E-state index contributed by atoms with van der Waals surface area (Å²) in [4.78, 5) is 34.3. The minimum Gasteiger partial charge on any atom is -0.367 e. The van der Waals surface area contributed by atoms with Gasteiger partial charge in [-0.2, -0.15) is 4.98 Å². The molecule has 1 aliphatic carbocycles. The number of rotatable bonds is 5. The van der Waals surface area contributed by atoms with Gasteiger partial charge in [0.05, 0.1) is 17.4 Å². The average molecular weight is 545 g/mol. The second kappa shape index (κ2) is 10.0. The van der Waals surface area contributed by atoms with Gasteiger partial charge in [0.15, 0.2) is 0 Å². The number of fused-ring (bicyclic) bond motifs is 4. The number of piperazine rings is 2. The van der Waals surface area contributed by atoms with E-state index in [0.29, 0.717) is 23.7 Å². The van der Waals surface area contributed by atoms with Crippen molar-refractivity contribution in [3.8, 4) is 0 Å². The van der Waals surface area contributed by atoms with Crippen LogP contribution in [0.5, 0.6) is 0 Å². The second-order valence-corrected chi connectivity index (χ2v) is 13.9. The van der Waals surface area contributed by atoms with Crippen LogP contribution in [0.1, 0.15) is 72.3 Å². The lowest BCUT2D eigenvalue weighted by Gasteiger charge is -2.50. The Hall–Kier alpha value is -3.20. The lowest BCUT2D eigenvalue weighted by molar-refractivity contribution is -0.123. The summed E-state index contributed by atoms with van der Waals surface area (Å²) >= 11 is 0. The van der Waals surface area contributed by atoms with Crippen molar-refractivity contribution in [2.75, 3.05) is 47.8 Å². The third kappa shape index (κ3) is 5.16. The van der Waals surface area contributed by atoms with Crippen molar-refractivity contribution < 1.29 is 4.79 Å². The lowest BCUT2D eigenvalue weighted by atomic mass is 9.87. The Morgan fingerprint density at radius 1 is 1.10 bits per heavy atom. The first-order chi connectivity index (χ1) is 19.0. The van der Waals surface area contributed by atoms with Crippen molar-refractivity contribution in [3.05, 3.63) is 36.2 Å². The van der Waals surface area contributed by atoms with Gasteiger partial charge in [-0.1, -0.05) is 45.8 Å². The highest BCUT2D eigenvalue weighted by molar-refractivity contribution is 5.93. The van der Waals surface area contributed by atoms with Crippen molar-refractivity contribution >= 4 is 35.3 Å². The normalized spacial score (nSPS) is 23.6. The molecule has 2 aromatic heterocycles. The van der Waals surface area contributed by atoms with E-state index in [0.717, 1.165) is 56.1 Å². The lowest BCUT2D eigenvalue weighted by Crippen LogP contribution is -2.67. The molecular formula is C31H44N8O. The van der Waals surface area contributed by atoms with Gasteiger partial charge in [0, 0.05) is 43.5 Å². The molecule has 0 radical (unpaired) electrons. The Labute approximate surface area is 238 Å². The number of aromatic nitrogens is 3. The average Bonchev–Trinajstić information content (AvgIpc) is 3.38. The molecule has 9 heteroatoms. The number of carbonyl (C=O) groups is 1. The predicted octanol–water partition coefficient (Wildman–Crippen LogP) is 4.60. The third-order valence-corrected chi connectivity index (χ3v) is 9.22. The largest absolute Gasteiger partial charge is 0.367 e. The molecule has 0 bridgehead atoms. The predicted molar refractivity (Wildman–Crippen MR) is 161 cm³/mol. The van der Waals surface area contributed by atoms with Crippen molar-refractivity contribution in [1.29, 1.82) is 0 Å². The monoisotopic (exact) mass is 544 g/mol. The molecule has 3 fully saturated rings. The molecule has 6 rings (SSSR count). The first-order valence-corrected chi connectivity index (χ1v) is 14.9. The molecule has 1 saturated carbocycles. The van der Waals surface area contributed by atoms with E-state index in [-0.39, 0.29) is 23.0 Å². The van der Waals surface area contributed by atoms with E-state index < -0.39 is 0 Å². The molecule has 1 amide bonds. The van der Waals surface area contributed by atoms with E-state index in [1.807, 2.05) is 30.6 Å². The van der Waals surface area contributed by atoms with E-state index in [1.165, 1.54) is 19.3 Å². The highest BCUT2D eigenvalue weighted by atomic mass is 16.2. The molecule has 2 saturated heterocycles. The second-order valence-electron chi connectivity index (χ2n) is 13.9. The summed E-state index contributed by atoms with van der Waals surface area (Å²) in [7, 11) is 0. The van der Waals surface area contributed by atoms with Gasteiger partial charge >= 0.3 is 0 Å². The van der Waals surface area contributed by atoms with E-state index in [2.05, 4.69) is 71.0 Å². The Morgan fingerprint density at radius 2 is 1.90 bits per heavy atom. The maximum atomic E-state index is 12.8. The van der Waals surface area contributed by atoms with Gasteiger partial charge < -0.3 is 20.4 Å². The topological polar surface area (TPSA) is 89.5 Å². The van der Waals surface area contributed by atoms with Gasteiger partial charge in [-0.05, 0) is 57.2 Å². The Balaban J connectivity index is 1.16. The molecule has 5 heterocycles. The first kappa shape index (κ1) is 27.0. The zero-order chi connectivity index (χ0) is 28.1. The zero-order valence-electron chi connectivity index (χ0n) is 24.7. The van der Waals surface area contributed by atoms with Crippen LogP contribution in [0.4, 0.5) is 23.3 Å². The number of hydrogen-bond acceptors (Lipinski definition) is 8. The van der Waals surface area contributed by atoms with E-state index in [9.17, 15) is 4.79 Å². The van der Waals surface area contributed by atoms with E-state index >= 15 is 0 Å². The minimum atomic E-state index is -0.322. The molecule has 2 aromatic rings. The summed E-state index contributed by atoms with van der Waals surface area (Å²) in [6.07, 6.45) is 13.4. The summed E-state index contributed by atoms with van der Waals surface area (Å²) in [6, 6.07) is 3.82. The molecule has 2 N–H and O–H groups in total. The van der Waals surface area contributed by atoms with E-state index in [4.69, 9.17) is 9.97 Å². The number of nitrogens with zero attached hydrogens (tertiary/aromatic N) is 6. The van der Waals surface area contributed by atoms with Crippen LogP contribution in [0.15, 0.2) is 30.6 Å². The first-order valence-electron chi connectivity index (χ1n) is 14.9. The van der Waals surface area contributed by atoms with Crippen LogP contribution in [0, 0.1) is 5.41 Å². The summed E-state index contributed by atoms with van der Waals surface area (Å²) < 4.78 is 0. The molecule has 4 aliphatic rings. The Kier molecular flexibility index (Phi) is 6.76. The van der Waals surface area contributed by atoms with Gasteiger partial charge in [-0.3, -0.25) is 9.69 Å². The molecule has 40 heavy (non-hydrogen) atoms. The molecule has 1 atom stereocenters. The highest BCUT2D eigenvalue weighted by Gasteiger charge is 2.50. The number of pyridine rings is 1. The van der Waals surface area contributed by atoms with Gasteiger partial charge in [-0.25, -0.2) is 9.97 Å². The standard InChI is InChI=1S/C31H44N8O/c1-29(2,3)14-15-38-17-16-37(21-30(38,4)5)23-9-11-25(32-19-23)35-28-33-18-22-8-10-24-27(40)34-20-31(12-6-7-13-31)39(24)26(22)36-28/h8-11,18-19,24H,6-7,12-17,20-21H2,1-5H3,(H,34,40)(H,32,33,35,36). The van der Waals surface area contributed by atoms with Crippen LogP contribution in [0.3, 0.4) is 0 Å². The molecule has 1 spiro atoms. The van der Waals surface area contributed by atoms with Crippen molar-refractivity contribution in [3.63, 3.8) is 0 Å². The SMILES string of the molecule is CC(C)(C)CCN1CCN(c2ccc(Nc3ncc4c(n3)N3C(C=C4)C(=O)NCC34CCCC4)nc2)CC1(C)C. The fourth-order valence-corrected chi connectivity index (χ4v) is 6.84. The fraction of sp³-hybridized carbons (Fsp3) is 0.613. The fourth-order valence-electron chi connectivity index (χ4n) is 6.84. The van der Waals surface area contributed by atoms with E-state index in [1.54, 1.807) is 0 Å². The zero-order valence-corrected chi connectivity index (χ0v) is 24.7. The third-order valence-electron chi connectivity index (χ3n) is 9.22. The van der Waals surface area contributed by atoms with Crippen LogP contribution in [-0.4, -0.2) is 75.6 Å². The quantitative estimate of drug-likeness (QED) is 0.565. The molecule has 0 aromatic carbocycles. The molecule has 3 aliphatic heterocycles. The summed E-state index contributed by atoms with van der Waals surface area (Å²) in [5.74, 6) is 2.09. The maximum absolute atomic E-state index is 12.8. The molecular weight excluding hydrogens is 500 g/mol.